The van der Waals surface area contributed by atoms with E-state index in [1.165, 1.54) is 118 Å². The van der Waals surface area contributed by atoms with Crippen LogP contribution < -0.4 is 20.7 Å². The fourth-order valence-electron chi connectivity index (χ4n) is 11.2. The molecule has 0 radical (unpaired) electrons. The monoisotopic (exact) mass is 812 g/mol. The zero-order valence-corrected chi connectivity index (χ0v) is 35.6. The van der Waals surface area contributed by atoms with Gasteiger partial charge < -0.3 is 0 Å². The standard InChI is InChI=1S/C62H40Si/c1-3-19-48(20-4-1)63(49-21-5-2-6-22-49,58-38-35-44-30-29-42-17-13-18-43-34-37-57(58)61(44)59(42)43)50-36-33-45-39-47(32-31-46(45)40-50)60-53-24-9-11-26-55(53)62(56-27-12-10-25-54(56)60)52-28-14-16-41-15-7-8-23-51(41)52/h1-40H. The first-order valence-corrected chi connectivity index (χ1v) is 24.0. The van der Waals surface area contributed by atoms with Crippen LogP contribution in [0.2, 0.25) is 0 Å². The summed E-state index contributed by atoms with van der Waals surface area (Å²) >= 11 is 0. The van der Waals surface area contributed by atoms with E-state index in [1.807, 2.05) is 0 Å². The van der Waals surface area contributed by atoms with E-state index >= 15 is 0 Å². The Labute approximate surface area is 367 Å². The second-order valence-corrected chi connectivity index (χ2v) is 20.9. The molecule has 0 bridgehead atoms. The largest absolute Gasteiger partial charge is 0.180 e. The van der Waals surface area contributed by atoms with Gasteiger partial charge in [-0.1, -0.05) is 237 Å². The van der Waals surface area contributed by atoms with Gasteiger partial charge in [-0.3, -0.25) is 0 Å². The zero-order chi connectivity index (χ0) is 41.5. The Morgan fingerprint density at radius 2 is 0.714 bits per heavy atom. The molecule has 13 aromatic rings. The minimum atomic E-state index is -2.92. The number of fused-ring (bicyclic) bond motifs is 4. The Bertz CT molecular complexity index is 3790. The maximum Gasteiger partial charge on any atom is 0.180 e. The van der Waals surface area contributed by atoms with Crippen molar-refractivity contribution >= 4 is 104 Å². The summed E-state index contributed by atoms with van der Waals surface area (Å²) in [6, 6.07) is 91.6. The van der Waals surface area contributed by atoms with Gasteiger partial charge in [-0.05, 0) is 124 Å². The van der Waals surface area contributed by atoms with Crippen LogP contribution in [0.25, 0.3) is 97.7 Å². The lowest BCUT2D eigenvalue weighted by molar-refractivity contribution is 1.68. The summed E-state index contributed by atoms with van der Waals surface area (Å²) < 4.78 is 0. The lowest BCUT2D eigenvalue weighted by atomic mass is 9.84. The van der Waals surface area contributed by atoms with Crippen LogP contribution in [0.3, 0.4) is 0 Å². The van der Waals surface area contributed by atoms with E-state index in [1.54, 1.807) is 0 Å². The molecule has 0 nitrogen and oxygen atoms in total. The smallest absolute Gasteiger partial charge is 0.0623 e. The van der Waals surface area contributed by atoms with Gasteiger partial charge in [0.2, 0.25) is 0 Å². The molecule has 0 aliphatic heterocycles. The highest BCUT2D eigenvalue weighted by Crippen LogP contribution is 2.45. The van der Waals surface area contributed by atoms with Gasteiger partial charge in [-0.2, -0.15) is 0 Å². The number of hydrogen-bond acceptors (Lipinski definition) is 0. The van der Waals surface area contributed by atoms with E-state index in [0.29, 0.717) is 0 Å². The molecule has 0 aliphatic rings. The van der Waals surface area contributed by atoms with Crippen molar-refractivity contribution in [2.24, 2.45) is 0 Å². The number of benzene rings is 13. The molecular weight excluding hydrogens is 773 g/mol. The minimum absolute atomic E-state index is 1.23. The third-order valence-corrected chi connectivity index (χ3v) is 18.7. The van der Waals surface area contributed by atoms with Crippen LogP contribution in [-0.2, 0) is 0 Å². The van der Waals surface area contributed by atoms with Crippen molar-refractivity contribution in [1.29, 1.82) is 0 Å². The third kappa shape index (κ3) is 5.34. The second-order valence-electron chi connectivity index (χ2n) is 17.1. The van der Waals surface area contributed by atoms with E-state index < -0.39 is 8.07 Å². The molecular formula is C62H40Si. The lowest BCUT2D eigenvalue weighted by Gasteiger charge is -2.36. The van der Waals surface area contributed by atoms with E-state index in [2.05, 4.69) is 243 Å². The van der Waals surface area contributed by atoms with Crippen LogP contribution >= 0.6 is 0 Å². The second kappa shape index (κ2) is 14.1. The predicted molar refractivity (Wildman–Crippen MR) is 275 cm³/mol. The van der Waals surface area contributed by atoms with Gasteiger partial charge in [0.25, 0.3) is 0 Å². The zero-order valence-electron chi connectivity index (χ0n) is 34.6. The van der Waals surface area contributed by atoms with Gasteiger partial charge in [0.1, 0.15) is 0 Å². The SMILES string of the molecule is c1ccc([Si](c2ccccc2)(c2ccc3cc(-c4c5ccccc5c(-c5cccc6ccccc56)c5ccccc45)ccc3c2)c2ccc3ccc4cccc5ccc2c3c45)cc1. The molecule has 0 fully saturated rings. The average Bonchev–Trinajstić information content (AvgIpc) is 3.36. The molecule has 13 rings (SSSR count). The Hall–Kier alpha value is -7.84. The summed E-state index contributed by atoms with van der Waals surface area (Å²) in [6.45, 7) is 0. The summed E-state index contributed by atoms with van der Waals surface area (Å²) in [5.74, 6) is 0. The summed E-state index contributed by atoms with van der Waals surface area (Å²) in [7, 11) is -2.92. The van der Waals surface area contributed by atoms with Gasteiger partial charge in [0.15, 0.2) is 8.07 Å². The van der Waals surface area contributed by atoms with Gasteiger partial charge >= 0.3 is 0 Å². The quantitative estimate of drug-likeness (QED) is 0.0679. The van der Waals surface area contributed by atoms with Crippen LogP contribution in [0.5, 0.6) is 0 Å². The van der Waals surface area contributed by atoms with Crippen molar-refractivity contribution in [2.75, 3.05) is 0 Å². The fraction of sp³-hybridized carbons (Fsp3) is 0. The molecule has 0 atom stereocenters. The molecule has 292 valence electrons. The predicted octanol–water partition coefficient (Wildman–Crippen LogP) is 13.9. The number of rotatable bonds is 6. The molecule has 0 aliphatic carbocycles. The summed E-state index contributed by atoms with van der Waals surface area (Å²) in [6.07, 6.45) is 0. The maximum atomic E-state index is 2.52. The normalized spacial score (nSPS) is 12.1. The molecule has 0 N–H and O–H groups in total. The molecule has 0 unspecified atom stereocenters. The molecule has 0 spiro atoms. The van der Waals surface area contributed by atoms with Crippen molar-refractivity contribution in [3.05, 3.63) is 243 Å². The van der Waals surface area contributed by atoms with Crippen molar-refractivity contribution in [3.63, 3.8) is 0 Å². The summed E-state index contributed by atoms with van der Waals surface area (Å²) in [4.78, 5) is 0. The van der Waals surface area contributed by atoms with E-state index in [4.69, 9.17) is 0 Å². The highest BCUT2D eigenvalue weighted by molar-refractivity contribution is 7.20. The van der Waals surface area contributed by atoms with Crippen LogP contribution in [0, 0.1) is 0 Å². The van der Waals surface area contributed by atoms with E-state index in [9.17, 15) is 0 Å². The Balaban J connectivity index is 1.06. The summed E-state index contributed by atoms with van der Waals surface area (Å²) in [5, 5.41) is 23.6. The third-order valence-electron chi connectivity index (χ3n) is 13.9. The maximum absolute atomic E-state index is 2.92. The highest BCUT2D eigenvalue weighted by atomic mass is 28.3. The van der Waals surface area contributed by atoms with Gasteiger partial charge in [-0.15, -0.1) is 0 Å². The van der Waals surface area contributed by atoms with Crippen molar-refractivity contribution in [1.82, 2.24) is 0 Å². The topological polar surface area (TPSA) is 0 Å². The average molecular weight is 813 g/mol. The van der Waals surface area contributed by atoms with Crippen LogP contribution in [-0.4, -0.2) is 8.07 Å². The Morgan fingerprint density at radius 3 is 1.40 bits per heavy atom. The molecule has 0 saturated carbocycles. The first-order valence-electron chi connectivity index (χ1n) is 22.0. The first kappa shape index (κ1) is 35.9. The molecule has 0 aromatic heterocycles. The molecule has 0 saturated heterocycles. The highest BCUT2D eigenvalue weighted by Gasteiger charge is 2.43. The Morgan fingerprint density at radius 1 is 0.238 bits per heavy atom. The Kier molecular flexibility index (Phi) is 8.03. The summed E-state index contributed by atoms with van der Waals surface area (Å²) in [5.41, 5.74) is 5.07. The molecule has 63 heavy (non-hydrogen) atoms. The molecule has 0 amide bonds. The van der Waals surface area contributed by atoms with Crippen molar-refractivity contribution in [2.45, 2.75) is 0 Å². The minimum Gasteiger partial charge on any atom is -0.0623 e. The lowest BCUT2D eigenvalue weighted by Crippen LogP contribution is -2.74. The fourth-order valence-corrected chi connectivity index (χ4v) is 16.2. The van der Waals surface area contributed by atoms with Crippen molar-refractivity contribution in [3.8, 4) is 22.3 Å². The molecule has 0 heterocycles. The van der Waals surface area contributed by atoms with Gasteiger partial charge in [-0.25, -0.2) is 0 Å². The van der Waals surface area contributed by atoms with Crippen molar-refractivity contribution < 1.29 is 0 Å². The van der Waals surface area contributed by atoms with Crippen LogP contribution in [0.4, 0.5) is 0 Å². The van der Waals surface area contributed by atoms with Crippen LogP contribution in [0.15, 0.2) is 243 Å². The van der Waals surface area contributed by atoms with Crippen LogP contribution in [0.1, 0.15) is 0 Å². The first-order chi connectivity index (χ1) is 31.3. The van der Waals surface area contributed by atoms with Gasteiger partial charge in [0, 0.05) is 0 Å². The molecule has 13 aromatic carbocycles. The number of hydrogen-bond donors (Lipinski definition) is 0. The van der Waals surface area contributed by atoms with E-state index in [-0.39, 0.29) is 0 Å². The molecule has 1 heteroatoms. The van der Waals surface area contributed by atoms with E-state index in [0.717, 1.165) is 0 Å². The van der Waals surface area contributed by atoms with Gasteiger partial charge in [0.05, 0.1) is 0 Å².